The van der Waals surface area contributed by atoms with Gasteiger partial charge in [-0.2, -0.15) is 5.26 Å². The molecule has 0 bridgehead atoms. The summed E-state index contributed by atoms with van der Waals surface area (Å²) < 4.78 is 15.8. The van der Waals surface area contributed by atoms with Gasteiger partial charge in [-0.05, 0) is 25.0 Å². The van der Waals surface area contributed by atoms with E-state index in [4.69, 9.17) is 0 Å². The summed E-state index contributed by atoms with van der Waals surface area (Å²) >= 11 is 0. The number of benzene rings is 1. The van der Waals surface area contributed by atoms with Crippen LogP contribution in [-0.4, -0.2) is 22.1 Å². The van der Waals surface area contributed by atoms with Gasteiger partial charge in [0.15, 0.2) is 0 Å². The quantitative estimate of drug-likeness (QED) is 0.861. The first-order valence-electron chi connectivity index (χ1n) is 6.70. The molecule has 4 nitrogen and oxygen atoms in total. The third-order valence-corrected chi connectivity index (χ3v) is 3.77. The maximum atomic E-state index is 13.7. The van der Waals surface area contributed by atoms with Gasteiger partial charge >= 0.3 is 0 Å². The monoisotopic (exact) mass is 270 g/mol. The van der Waals surface area contributed by atoms with Gasteiger partial charge < -0.3 is 9.47 Å². The topological polar surface area (TPSA) is 44.9 Å². The molecule has 1 aromatic heterocycles. The summed E-state index contributed by atoms with van der Waals surface area (Å²) in [6, 6.07) is 7.09. The van der Waals surface area contributed by atoms with Crippen molar-refractivity contribution in [3.05, 3.63) is 48.3 Å². The van der Waals surface area contributed by atoms with E-state index in [1.165, 1.54) is 6.07 Å². The first-order valence-corrected chi connectivity index (χ1v) is 6.70. The molecule has 0 N–H and O–H groups in total. The molecule has 0 amide bonds. The fourth-order valence-corrected chi connectivity index (χ4v) is 2.84. The fourth-order valence-electron chi connectivity index (χ4n) is 2.84. The lowest BCUT2D eigenvalue weighted by Gasteiger charge is -2.28. The van der Waals surface area contributed by atoms with E-state index >= 15 is 0 Å². The molecule has 2 heterocycles. The smallest absolute Gasteiger partial charge is 0.143 e. The third-order valence-electron chi connectivity index (χ3n) is 3.77. The standard InChI is InChI=1S/C15H15FN4/c16-14-4-1-5-15(13(14)9-17)20-7-2-3-12(20)10-19-8-6-18-11-19/h1,4-6,8,11-12H,2-3,7,10H2. The van der Waals surface area contributed by atoms with Crippen LogP contribution >= 0.6 is 0 Å². The van der Waals surface area contributed by atoms with E-state index in [2.05, 4.69) is 9.88 Å². The molecule has 5 heteroatoms. The maximum absolute atomic E-state index is 13.7. The molecule has 2 aromatic rings. The highest BCUT2D eigenvalue weighted by Gasteiger charge is 2.27. The summed E-state index contributed by atoms with van der Waals surface area (Å²) in [4.78, 5) is 6.18. The molecular weight excluding hydrogens is 255 g/mol. The highest BCUT2D eigenvalue weighted by molar-refractivity contribution is 5.61. The Kier molecular flexibility index (Phi) is 3.38. The van der Waals surface area contributed by atoms with Gasteiger partial charge in [-0.1, -0.05) is 6.07 Å². The zero-order valence-corrected chi connectivity index (χ0v) is 11.0. The Balaban J connectivity index is 1.89. The van der Waals surface area contributed by atoms with Crippen LogP contribution in [0.5, 0.6) is 0 Å². The maximum Gasteiger partial charge on any atom is 0.143 e. The van der Waals surface area contributed by atoms with Crippen LogP contribution in [0.2, 0.25) is 0 Å². The minimum atomic E-state index is -0.446. The molecule has 1 fully saturated rings. The Labute approximate surface area is 117 Å². The lowest BCUT2D eigenvalue weighted by molar-refractivity contribution is 0.548. The lowest BCUT2D eigenvalue weighted by atomic mass is 10.1. The van der Waals surface area contributed by atoms with Crippen LogP contribution in [0.15, 0.2) is 36.9 Å². The Morgan fingerprint density at radius 1 is 1.45 bits per heavy atom. The van der Waals surface area contributed by atoms with Gasteiger partial charge in [0, 0.05) is 31.5 Å². The van der Waals surface area contributed by atoms with Gasteiger partial charge in [-0.15, -0.1) is 0 Å². The van der Waals surface area contributed by atoms with E-state index < -0.39 is 5.82 Å². The van der Waals surface area contributed by atoms with E-state index in [-0.39, 0.29) is 11.6 Å². The number of hydrogen-bond acceptors (Lipinski definition) is 3. The second-order valence-electron chi connectivity index (χ2n) is 4.99. The molecular formula is C15H15FN4. The van der Waals surface area contributed by atoms with Crippen LogP contribution in [-0.2, 0) is 6.54 Å². The van der Waals surface area contributed by atoms with E-state index in [9.17, 15) is 9.65 Å². The summed E-state index contributed by atoms with van der Waals surface area (Å²) in [6.45, 7) is 1.67. The summed E-state index contributed by atoms with van der Waals surface area (Å²) in [6.07, 6.45) is 7.56. The van der Waals surface area contributed by atoms with Crippen molar-refractivity contribution in [2.24, 2.45) is 0 Å². The van der Waals surface area contributed by atoms with Gasteiger partial charge in [-0.3, -0.25) is 0 Å². The molecule has 0 saturated carbocycles. The molecule has 20 heavy (non-hydrogen) atoms. The number of rotatable bonds is 3. The van der Waals surface area contributed by atoms with Gasteiger partial charge in [0.1, 0.15) is 17.4 Å². The number of nitrogens with zero attached hydrogens (tertiary/aromatic N) is 4. The first-order chi connectivity index (χ1) is 9.79. The van der Waals surface area contributed by atoms with Crippen molar-refractivity contribution in [3.63, 3.8) is 0 Å². The summed E-state index contributed by atoms with van der Waals surface area (Å²) in [5.74, 6) is -0.446. The molecule has 1 unspecified atom stereocenters. The average Bonchev–Trinajstić information content (AvgIpc) is 3.10. The SMILES string of the molecule is N#Cc1c(F)cccc1N1CCCC1Cn1ccnc1. The minimum absolute atomic E-state index is 0.144. The number of aromatic nitrogens is 2. The number of anilines is 1. The van der Waals surface area contributed by atoms with Crippen molar-refractivity contribution < 1.29 is 4.39 Å². The third kappa shape index (κ3) is 2.25. The summed E-state index contributed by atoms with van der Waals surface area (Å²) in [5.41, 5.74) is 0.847. The van der Waals surface area contributed by atoms with Crippen LogP contribution in [0.3, 0.4) is 0 Å². The van der Waals surface area contributed by atoms with Crippen LogP contribution in [0, 0.1) is 17.1 Å². The van der Waals surface area contributed by atoms with Crippen molar-refractivity contribution in [1.29, 1.82) is 5.26 Å². The minimum Gasteiger partial charge on any atom is -0.366 e. The lowest BCUT2D eigenvalue weighted by Crippen LogP contribution is -2.33. The van der Waals surface area contributed by atoms with Crippen LogP contribution < -0.4 is 4.90 Å². The van der Waals surface area contributed by atoms with Crippen LogP contribution in [0.4, 0.5) is 10.1 Å². The van der Waals surface area contributed by atoms with E-state index in [0.717, 1.165) is 25.9 Å². The first kappa shape index (κ1) is 12.7. The normalized spacial score (nSPS) is 18.2. The van der Waals surface area contributed by atoms with Crippen molar-refractivity contribution in [3.8, 4) is 6.07 Å². The second kappa shape index (κ2) is 5.33. The van der Waals surface area contributed by atoms with E-state index in [1.54, 1.807) is 18.6 Å². The summed E-state index contributed by atoms with van der Waals surface area (Å²) in [7, 11) is 0. The average molecular weight is 270 g/mol. The van der Waals surface area contributed by atoms with Crippen molar-refractivity contribution >= 4 is 5.69 Å². The van der Waals surface area contributed by atoms with E-state index in [0.29, 0.717) is 5.69 Å². The number of imidazole rings is 1. The Morgan fingerprint density at radius 3 is 3.10 bits per heavy atom. The van der Waals surface area contributed by atoms with Gasteiger partial charge in [-0.25, -0.2) is 9.37 Å². The molecule has 1 aromatic carbocycles. The molecule has 0 spiro atoms. The largest absolute Gasteiger partial charge is 0.366 e. The van der Waals surface area contributed by atoms with Gasteiger partial charge in [0.25, 0.3) is 0 Å². The molecule has 1 aliphatic rings. The number of hydrogen-bond donors (Lipinski definition) is 0. The number of halogens is 1. The van der Waals surface area contributed by atoms with Crippen LogP contribution in [0.25, 0.3) is 0 Å². The highest BCUT2D eigenvalue weighted by atomic mass is 19.1. The summed E-state index contributed by atoms with van der Waals surface area (Å²) in [5, 5.41) is 9.17. The van der Waals surface area contributed by atoms with Crippen molar-refractivity contribution in [1.82, 2.24) is 9.55 Å². The Morgan fingerprint density at radius 2 is 2.35 bits per heavy atom. The van der Waals surface area contributed by atoms with Crippen molar-refractivity contribution in [2.75, 3.05) is 11.4 Å². The Bertz CT molecular complexity index is 630. The molecule has 1 saturated heterocycles. The van der Waals surface area contributed by atoms with Crippen LogP contribution in [0.1, 0.15) is 18.4 Å². The predicted octanol–water partition coefficient (Wildman–Crippen LogP) is 2.56. The predicted molar refractivity (Wildman–Crippen MR) is 73.7 cm³/mol. The molecule has 102 valence electrons. The highest BCUT2D eigenvalue weighted by Crippen LogP contribution is 2.30. The van der Waals surface area contributed by atoms with Gasteiger partial charge in [0.2, 0.25) is 0 Å². The molecule has 1 atom stereocenters. The second-order valence-corrected chi connectivity index (χ2v) is 4.99. The zero-order chi connectivity index (χ0) is 13.9. The Hall–Kier alpha value is -2.35. The number of nitriles is 1. The van der Waals surface area contributed by atoms with Gasteiger partial charge in [0.05, 0.1) is 12.0 Å². The molecule has 0 aliphatic carbocycles. The van der Waals surface area contributed by atoms with Crippen molar-refractivity contribution in [2.45, 2.75) is 25.4 Å². The molecule has 0 radical (unpaired) electrons. The molecule has 1 aliphatic heterocycles. The molecule has 3 rings (SSSR count). The van der Waals surface area contributed by atoms with E-state index in [1.807, 2.05) is 22.9 Å². The zero-order valence-electron chi connectivity index (χ0n) is 11.0. The fraction of sp³-hybridized carbons (Fsp3) is 0.333.